The predicted molar refractivity (Wildman–Crippen MR) is 121 cm³/mol. The molecule has 2 aliphatic rings. The smallest absolute Gasteiger partial charge is 0.409 e. The Morgan fingerprint density at radius 3 is 2.45 bits per heavy atom. The van der Waals surface area contributed by atoms with E-state index in [4.69, 9.17) is 4.74 Å². The van der Waals surface area contributed by atoms with Crippen molar-refractivity contribution in [1.82, 2.24) is 19.8 Å². The molecular formula is C23H26N4O5S. The number of aliphatic hydroxyl groups is 1. The number of amides is 2. The summed E-state index contributed by atoms with van der Waals surface area (Å²) in [5.74, 6) is -1.49. The van der Waals surface area contributed by atoms with Gasteiger partial charge in [0.2, 0.25) is 5.78 Å². The van der Waals surface area contributed by atoms with E-state index in [0.717, 1.165) is 5.01 Å². The molecule has 0 spiro atoms. The first-order chi connectivity index (χ1) is 15.8. The van der Waals surface area contributed by atoms with Crippen LogP contribution in [0.4, 0.5) is 4.79 Å². The van der Waals surface area contributed by atoms with Crippen molar-refractivity contribution in [2.75, 3.05) is 19.7 Å². The van der Waals surface area contributed by atoms with Gasteiger partial charge in [-0.15, -0.1) is 11.3 Å². The lowest BCUT2D eigenvalue weighted by Crippen LogP contribution is -2.48. The summed E-state index contributed by atoms with van der Waals surface area (Å²) in [5.41, 5.74) is 1.33. The van der Waals surface area contributed by atoms with Gasteiger partial charge < -0.3 is 19.6 Å². The number of ether oxygens (including phenoxy) is 1. The number of nitrogens with zero attached hydrogens (tertiary/aromatic N) is 4. The molecule has 0 saturated carbocycles. The zero-order chi connectivity index (χ0) is 23.7. The van der Waals surface area contributed by atoms with E-state index in [-0.39, 0.29) is 17.7 Å². The second-order valence-electron chi connectivity index (χ2n) is 8.05. The van der Waals surface area contributed by atoms with Gasteiger partial charge in [-0.2, -0.15) is 0 Å². The van der Waals surface area contributed by atoms with Crippen molar-refractivity contribution in [2.45, 2.75) is 45.7 Å². The van der Waals surface area contributed by atoms with Gasteiger partial charge in [0.25, 0.3) is 5.91 Å². The molecule has 4 heterocycles. The average molecular weight is 471 g/mol. The zero-order valence-electron chi connectivity index (χ0n) is 18.8. The van der Waals surface area contributed by atoms with Crippen molar-refractivity contribution >= 4 is 29.1 Å². The maximum absolute atomic E-state index is 13.6. The Hall–Kier alpha value is -3.27. The molecule has 10 heteroatoms. The average Bonchev–Trinajstić information content (AvgIpc) is 3.29. The lowest BCUT2D eigenvalue weighted by atomic mass is 9.93. The lowest BCUT2D eigenvalue weighted by Gasteiger charge is -2.39. The van der Waals surface area contributed by atoms with Crippen LogP contribution in [0.3, 0.4) is 0 Å². The number of carbonyl (C=O) groups excluding carboxylic acids is 3. The van der Waals surface area contributed by atoms with Crippen molar-refractivity contribution in [2.24, 2.45) is 0 Å². The van der Waals surface area contributed by atoms with Crippen molar-refractivity contribution in [3.63, 3.8) is 0 Å². The minimum Gasteiger partial charge on any atom is -0.503 e. The molecule has 0 bridgehead atoms. The molecule has 1 unspecified atom stereocenters. The molecule has 174 valence electrons. The highest BCUT2D eigenvalue weighted by Crippen LogP contribution is 2.42. The van der Waals surface area contributed by atoms with Gasteiger partial charge >= 0.3 is 6.09 Å². The summed E-state index contributed by atoms with van der Waals surface area (Å²) in [4.78, 5) is 50.9. The normalized spacial score (nSPS) is 19.4. The number of thiazole rings is 1. The molecule has 0 radical (unpaired) electrons. The third kappa shape index (κ3) is 4.22. The second-order valence-corrected chi connectivity index (χ2v) is 9.25. The van der Waals surface area contributed by atoms with E-state index in [0.29, 0.717) is 48.7 Å². The van der Waals surface area contributed by atoms with Crippen LogP contribution in [0.1, 0.15) is 51.7 Å². The van der Waals surface area contributed by atoms with Gasteiger partial charge in [0.1, 0.15) is 0 Å². The third-order valence-electron chi connectivity index (χ3n) is 6.00. The molecule has 1 atom stereocenters. The van der Waals surface area contributed by atoms with Crippen molar-refractivity contribution in [3.8, 4) is 0 Å². The van der Waals surface area contributed by atoms with Crippen LogP contribution in [0.15, 0.2) is 35.9 Å². The fourth-order valence-electron chi connectivity index (χ4n) is 4.51. The SMILES string of the molecule is CCOC(=O)N1CCC(N2C(=O)C(O)=C(C(=O)c3sc(C)nc3C)C2c2ccncc2)CC1. The van der Waals surface area contributed by atoms with Crippen molar-refractivity contribution in [1.29, 1.82) is 0 Å². The van der Waals surface area contributed by atoms with Crippen molar-refractivity contribution < 1.29 is 24.2 Å². The van der Waals surface area contributed by atoms with Crippen LogP contribution >= 0.6 is 11.3 Å². The summed E-state index contributed by atoms with van der Waals surface area (Å²) in [6.07, 6.45) is 3.85. The van der Waals surface area contributed by atoms with Gasteiger partial charge in [-0.3, -0.25) is 14.6 Å². The number of pyridine rings is 1. The Morgan fingerprint density at radius 2 is 1.88 bits per heavy atom. The summed E-state index contributed by atoms with van der Waals surface area (Å²) in [6, 6.07) is 2.50. The Labute approximate surface area is 195 Å². The molecule has 1 N–H and O–H groups in total. The van der Waals surface area contributed by atoms with Crippen LogP contribution in [0, 0.1) is 13.8 Å². The fraction of sp³-hybridized carbons (Fsp3) is 0.435. The van der Waals surface area contributed by atoms with Gasteiger partial charge in [0.05, 0.1) is 33.8 Å². The van der Waals surface area contributed by atoms with E-state index >= 15 is 0 Å². The first kappa shape index (κ1) is 22.9. The molecule has 2 aromatic rings. The fourth-order valence-corrected chi connectivity index (χ4v) is 5.38. The largest absolute Gasteiger partial charge is 0.503 e. The summed E-state index contributed by atoms with van der Waals surface area (Å²) in [7, 11) is 0. The Bertz CT molecular complexity index is 1110. The van der Waals surface area contributed by atoms with Gasteiger partial charge in [0.15, 0.2) is 5.76 Å². The number of ketones is 1. The first-order valence-corrected chi connectivity index (χ1v) is 11.7. The molecule has 4 rings (SSSR count). The first-order valence-electron chi connectivity index (χ1n) is 10.9. The highest BCUT2D eigenvalue weighted by Gasteiger charge is 2.47. The van der Waals surface area contributed by atoms with E-state index in [1.54, 1.807) is 48.2 Å². The van der Waals surface area contributed by atoms with Crippen LogP contribution in [0.5, 0.6) is 0 Å². The molecule has 2 aromatic heterocycles. The molecule has 1 fully saturated rings. The number of likely N-dealkylation sites (tertiary alicyclic amines) is 1. The van der Waals surface area contributed by atoms with Crippen LogP contribution in [0.2, 0.25) is 0 Å². The molecule has 0 aliphatic carbocycles. The van der Waals surface area contributed by atoms with Gasteiger partial charge in [-0.1, -0.05) is 0 Å². The number of hydrogen-bond acceptors (Lipinski definition) is 8. The number of Topliss-reactive ketones (excluding diaryl/α,β-unsaturated/α-hetero) is 1. The lowest BCUT2D eigenvalue weighted by molar-refractivity contribution is -0.132. The summed E-state index contributed by atoms with van der Waals surface area (Å²) < 4.78 is 5.08. The van der Waals surface area contributed by atoms with Crippen LogP contribution in [-0.4, -0.2) is 68.4 Å². The monoisotopic (exact) mass is 470 g/mol. The number of aliphatic hydroxyl groups excluding tert-OH is 1. The minimum absolute atomic E-state index is 0.0609. The number of aromatic nitrogens is 2. The summed E-state index contributed by atoms with van der Waals surface area (Å²) >= 11 is 1.25. The predicted octanol–water partition coefficient (Wildman–Crippen LogP) is 3.35. The minimum atomic E-state index is -0.742. The second kappa shape index (κ2) is 9.30. The Kier molecular flexibility index (Phi) is 6.46. The van der Waals surface area contributed by atoms with Crippen LogP contribution < -0.4 is 0 Å². The highest BCUT2D eigenvalue weighted by molar-refractivity contribution is 7.14. The number of carbonyl (C=O) groups is 3. The van der Waals surface area contributed by atoms with E-state index < -0.39 is 23.5 Å². The zero-order valence-corrected chi connectivity index (χ0v) is 19.6. The quantitative estimate of drug-likeness (QED) is 0.667. The van der Waals surface area contributed by atoms with Gasteiger partial charge in [-0.05, 0) is 51.3 Å². The van der Waals surface area contributed by atoms with Gasteiger partial charge in [0, 0.05) is 31.5 Å². The topological polar surface area (TPSA) is 113 Å². The van der Waals surface area contributed by atoms with Crippen LogP contribution in [0.25, 0.3) is 0 Å². The molecule has 9 nitrogen and oxygen atoms in total. The molecule has 33 heavy (non-hydrogen) atoms. The summed E-state index contributed by atoms with van der Waals surface area (Å²) in [5, 5.41) is 11.6. The Balaban J connectivity index is 1.67. The molecular weight excluding hydrogens is 444 g/mol. The van der Waals surface area contributed by atoms with Gasteiger partial charge in [-0.25, -0.2) is 9.78 Å². The maximum Gasteiger partial charge on any atom is 0.409 e. The number of rotatable bonds is 5. The van der Waals surface area contributed by atoms with E-state index in [9.17, 15) is 19.5 Å². The van der Waals surface area contributed by atoms with E-state index in [2.05, 4.69) is 9.97 Å². The number of piperidine rings is 1. The molecule has 2 amide bonds. The highest BCUT2D eigenvalue weighted by atomic mass is 32.1. The molecule has 1 saturated heterocycles. The summed E-state index contributed by atoms with van der Waals surface area (Å²) in [6.45, 7) is 6.46. The molecule has 2 aliphatic heterocycles. The maximum atomic E-state index is 13.6. The molecule has 0 aromatic carbocycles. The number of hydrogen-bond donors (Lipinski definition) is 1. The van der Waals surface area contributed by atoms with Crippen LogP contribution in [-0.2, 0) is 9.53 Å². The Morgan fingerprint density at radius 1 is 1.21 bits per heavy atom. The number of aryl methyl sites for hydroxylation is 2. The van der Waals surface area contributed by atoms with Crippen molar-refractivity contribution in [3.05, 3.63) is 57.0 Å². The van der Waals surface area contributed by atoms with E-state index in [1.807, 2.05) is 6.92 Å². The third-order valence-corrected chi connectivity index (χ3v) is 7.08. The van der Waals surface area contributed by atoms with E-state index in [1.165, 1.54) is 11.3 Å². The standard InChI is InChI=1S/C23H26N4O5S/c1-4-32-23(31)26-11-7-16(8-12-26)27-18(15-5-9-24-10-6-15)17(20(29)22(27)30)19(28)21-13(2)25-14(3)33-21/h5-6,9-10,16,18,29H,4,7-8,11-12H2,1-3H3.